The molecule has 149 heavy (non-hydrogen) atoms. The molecule has 13 heterocycles. The number of nitrogens with zero attached hydrogens (tertiary/aromatic N) is 12. The predicted octanol–water partition coefficient (Wildman–Crippen LogP) is 15.7. The summed E-state index contributed by atoms with van der Waals surface area (Å²) in [4.78, 5) is 105. The molecule has 4 aliphatic heterocycles. The number of para-hydroxylation sites is 1. The van der Waals surface area contributed by atoms with Crippen LogP contribution in [0, 0.1) is 47.0 Å². The van der Waals surface area contributed by atoms with Crippen LogP contribution < -0.4 is 74.5 Å². The number of aromatic amines is 2. The van der Waals surface area contributed by atoms with E-state index in [0.29, 0.717) is 151 Å². The molecule has 0 radical (unpaired) electrons. The molecule has 0 spiro atoms. The molecule has 10 N–H and O–H groups in total. The van der Waals surface area contributed by atoms with Gasteiger partial charge in [0.2, 0.25) is 5.88 Å². The summed E-state index contributed by atoms with van der Waals surface area (Å²) in [5.41, 5.74) is 16.7. The molecule has 1 atom stereocenters. The molecule has 17 rings (SSSR count). The lowest BCUT2D eigenvalue weighted by Gasteiger charge is -2.33. The van der Waals surface area contributed by atoms with Crippen LogP contribution >= 0.6 is 0 Å². The number of nitrogen functional groups attached to an aromatic ring is 2. The Morgan fingerprint density at radius 2 is 0.879 bits per heavy atom. The van der Waals surface area contributed by atoms with Crippen LogP contribution in [0.15, 0.2) is 237 Å². The van der Waals surface area contributed by atoms with Gasteiger partial charge in [-0.25, -0.2) is 75.4 Å². The van der Waals surface area contributed by atoms with Crippen LogP contribution in [-0.2, 0) is 46.5 Å². The first-order valence-electron chi connectivity index (χ1n) is 48.4. The van der Waals surface area contributed by atoms with Crippen LogP contribution in [-0.4, -0.2) is 179 Å². The van der Waals surface area contributed by atoms with Gasteiger partial charge in [0.15, 0.2) is 20.0 Å². The van der Waals surface area contributed by atoms with Crippen molar-refractivity contribution < 1.29 is 85.0 Å². The summed E-state index contributed by atoms with van der Waals surface area (Å²) in [6.07, 6.45) is 10.4. The van der Waals surface area contributed by atoms with Gasteiger partial charge in [0.1, 0.15) is 69.6 Å². The average molecular weight is 2120 g/mol. The highest BCUT2D eigenvalue weighted by atomic mass is 32.2. The zero-order chi connectivity index (χ0) is 107. The number of hydrogen-bond acceptors (Lipinski definition) is 31. The van der Waals surface area contributed by atoms with Crippen LogP contribution in [0.3, 0.4) is 0 Å². The van der Waals surface area contributed by atoms with E-state index in [4.69, 9.17) is 45.4 Å². The van der Waals surface area contributed by atoms with E-state index in [9.17, 15) is 70.8 Å². The van der Waals surface area contributed by atoms with Gasteiger partial charge in [-0.1, -0.05) is 78.8 Å². The van der Waals surface area contributed by atoms with Gasteiger partial charge in [0.25, 0.3) is 69.3 Å². The fraction of sp³-hybridized carbons (Fsp3) is 0.324. The van der Waals surface area contributed by atoms with E-state index in [-0.39, 0.29) is 84.6 Å². The largest absolute Gasteiger partial charge is 0.493 e. The van der Waals surface area contributed by atoms with E-state index in [2.05, 4.69) is 70.1 Å². The number of carbonyl (C=O) groups excluding carboxylic acids is 4. The number of piperidine rings is 3. The number of pyridine rings is 8. The Morgan fingerprint density at radius 1 is 0.436 bits per heavy atom. The molecule has 3 saturated heterocycles. The van der Waals surface area contributed by atoms with E-state index in [1.807, 2.05) is 110 Å². The maximum atomic E-state index is 14.5. The molecule has 44 heteroatoms. The summed E-state index contributed by atoms with van der Waals surface area (Å²) < 4.78 is 176. The number of nitrogens with two attached hydrogens (primary N) is 2. The topological polar surface area (TPSA) is 507 Å². The molecule has 4 amide bonds. The van der Waals surface area contributed by atoms with Crippen molar-refractivity contribution in [3.05, 3.63) is 268 Å². The zero-order valence-corrected chi connectivity index (χ0v) is 87.1. The Morgan fingerprint density at radius 3 is 1.32 bits per heavy atom. The quantitative estimate of drug-likeness (QED) is 0.0207. The number of benzene rings is 4. The molecule has 4 aliphatic rings. The highest BCUT2D eigenvalue weighted by molar-refractivity contribution is 7.91. The molecule has 0 bridgehead atoms. The third kappa shape index (κ3) is 28.7. The van der Waals surface area contributed by atoms with Gasteiger partial charge in [-0.15, -0.1) is 0 Å². The third-order valence-corrected chi connectivity index (χ3v) is 29.0. The Hall–Kier alpha value is -15.4. The molecule has 13 aromatic rings. The molecule has 4 aromatic carbocycles. The minimum absolute atomic E-state index is 0.00572. The summed E-state index contributed by atoms with van der Waals surface area (Å²) in [5, 5.41) is 5.06. The Labute approximate surface area is 862 Å². The molecule has 37 nitrogen and oxygen atoms in total. The van der Waals surface area contributed by atoms with Gasteiger partial charge in [0, 0.05) is 110 Å². The summed E-state index contributed by atoms with van der Waals surface area (Å²) >= 11 is 0. The van der Waals surface area contributed by atoms with Crippen LogP contribution in [0.1, 0.15) is 162 Å². The monoisotopic (exact) mass is 2110 g/mol. The summed E-state index contributed by atoms with van der Waals surface area (Å²) in [5.74, 6) is 0.0705. The van der Waals surface area contributed by atoms with Crippen LogP contribution in [0.25, 0.3) is 45.0 Å². The number of sulfonamides is 4. The summed E-state index contributed by atoms with van der Waals surface area (Å²) in [6, 6.07) is 48.8. The lowest BCUT2D eigenvalue weighted by molar-refractivity contribution is 0.0972. The van der Waals surface area contributed by atoms with Crippen LogP contribution in [0.4, 0.5) is 53.8 Å². The highest BCUT2D eigenvalue weighted by Crippen LogP contribution is 2.40. The number of fused-ring (bicyclic) bond motifs is 1. The summed E-state index contributed by atoms with van der Waals surface area (Å²) in [7, 11) is -17.1. The molecule has 0 saturated carbocycles. The zero-order valence-electron chi connectivity index (χ0n) is 83.8. The first kappa shape index (κ1) is 109. The fourth-order valence-electron chi connectivity index (χ4n) is 16.6. The van der Waals surface area contributed by atoms with Crippen molar-refractivity contribution in [1.29, 1.82) is 0 Å². The fourth-order valence-corrected chi connectivity index (χ4v) is 20.3. The maximum absolute atomic E-state index is 14.5. The second-order valence-electron chi connectivity index (χ2n) is 37.8. The van der Waals surface area contributed by atoms with Crippen molar-refractivity contribution in [3.63, 3.8) is 0 Å². The lowest BCUT2D eigenvalue weighted by Crippen LogP contribution is -2.38. The van der Waals surface area contributed by atoms with Crippen LogP contribution in [0.5, 0.6) is 23.1 Å². The van der Waals surface area contributed by atoms with Gasteiger partial charge in [0.05, 0.1) is 76.6 Å². The van der Waals surface area contributed by atoms with Crippen molar-refractivity contribution in [3.8, 4) is 68.2 Å². The second-order valence-corrected chi connectivity index (χ2v) is 44.4. The van der Waals surface area contributed by atoms with Gasteiger partial charge < -0.3 is 55.0 Å². The molecule has 3 fully saturated rings. The molecule has 9 aromatic heterocycles. The SMILES string of the molecule is CC(C)COc1cc(F)cc(-c2ccc(C(=O)NS(=O)(=O)c3cccc(N)n3)c(N3CCCC(C)C3)n2)c1.CC(C)COc1cc(F)cc(-c2ccc(C(=O)NS(=O)(=O)c3ccn[nH]3)c(N3CCc4ccccc43)n2)c1.CC1CCN(c2nc(-c3cc(F)cc(OC(C)C)c3)ccc2C(=O)NS(=O)(=O)c2ccc[nH]c2=O)CC1.CC1CCN(c2nc(-c3ccc(OC(C)C)nc3)ccc2C(=O)NS(=O)(=O)c2cccc(N)n2)CC1. The molecule has 1 unspecified atom stereocenters. The van der Waals surface area contributed by atoms with Gasteiger partial charge in [-0.05, 0) is 247 Å². The van der Waals surface area contributed by atoms with Crippen molar-refractivity contribution in [1.82, 2.24) is 69.0 Å². The Bertz CT molecular complexity index is 7590. The van der Waals surface area contributed by atoms with E-state index in [1.165, 1.54) is 122 Å². The first-order valence-corrected chi connectivity index (χ1v) is 54.3. The van der Waals surface area contributed by atoms with Gasteiger partial charge in [-0.3, -0.25) is 29.1 Å². The smallest absolute Gasteiger partial charge is 0.281 e. The second kappa shape index (κ2) is 48.0. The molecular formula is C105H117F3N20O17S4. The van der Waals surface area contributed by atoms with E-state index in [1.54, 1.807) is 54.7 Å². The van der Waals surface area contributed by atoms with E-state index in [0.717, 1.165) is 67.8 Å². The normalized spacial score (nSPS) is 14.5. The standard InChI is InChI=1S/C27H26FN5O4S.C27H32FN5O4S.C26H29FN4O5S.C25H30N6O4S/c1-17(2)16-37-21-14-19(13-20(28)15-21)23-8-7-22(27(34)32-38(35,36)25-9-11-29-31-25)26(30-23)33-12-10-18-5-3-4-6-24(18)33;1-17(2)16-37-21-13-19(12-20(28)14-21)23-10-9-22(26(30-23)33-11-5-6-18(3)15-33)27(34)32-38(35,36)25-8-4-7-24(29)31-25;1-16(2)36-20-14-18(13-19(27)15-20)22-7-6-21(24(29-22)31-11-8-17(3)9-12-31)25(32)30-37(34,35)23-5-4-10-28-26(23)33;1-16(2)35-22-10-7-18(15-27-22)20-9-8-19(24(28-20)31-13-11-17(3)12-14-31)25(32)30-36(33,34)23-6-4-5-21(26)29-23/h3-9,11,13-15,17H,10,12,16H2,1-2H3,(H,29,31)(H,32,34);4,7-10,12-14,17-18H,5-6,11,15-16H2,1-3H3,(H2,29,31)(H,32,34);4-7,10,13-17H,8-9,11-12H2,1-3H3,(H,28,33)(H,30,32);4-10,15-17H,11-14H2,1-3H3,(H2,26,29)(H,30,32). The maximum Gasteiger partial charge on any atom is 0.281 e. The third-order valence-electron chi connectivity index (χ3n) is 24.0. The van der Waals surface area contributed by atoms with Gasteiger partial charge in [-0.2, -0.15) is 30.4 Å². The average Bonchev–Trinajstić information content (AvgIpc) is 1.77. The first-order chi connectivity index (χ1) is 70.9. The number of hydrogen-bond donors (Lipinski definition) is 8. The van der Waals surface area contributed by atoms with Crippen molar-refractivity contribution >= 4 is 104 Å². The van der Waals surface area contributed by atoms with E-state index >= 15 is 0 Å². The number of nitrogens with one attached hydrogen (secondary N) is 6. The number of carbonyl (C=O) groups is 4. The Balaban J connectivity index is 0.000000157. The summed E-state index contributed by atoms with van der Waals surface area (Å²) in [6.45, 7) is 27.3. The lowest BCUT2D eigenvalue weighted by atomic mass is 9.98. The molecule has 0 aliphatic carbocycles. The van der Waals surface area contributed by atoms with Gasteiger partial charge >= 0.3 is 0 Å². The number of H-pyrrole nitrogens is 2. The number of amides is 4. The minimum Gasteiger partial charge on any atom is -0.493 e. The number of rotatable bonds is 30. The predicted molar refractivity (Wildman–Crippen MR) is 559 cm³/mol. The van der Waals surface area contributed by atoms with Crippen molar-refractivity contribution in [2.24, 2.45) is 29.6 Å². The number of halogens is 3. The number of ether oxygens (including phenoxy) is 4. The van der Waals surface area contributed by atoms with Crippen molar-refractivity contribution in [2.45, 2.75) is 153 Å². The Kier molecular flexibility index (Phi) is 35.2. The minimum atomic E-state index is -4.44. The van der Waals surface area contributed by atoms with Crippen molar-refractivity contribution in [2.75, 3.05) is 90.1 Å². The molecule has 784 valence electrons. The molecular weight excluding hydrogens is 2000 g/mol. The van der Waals surface area contributed by atoms with Crippen LogP contribution in [0.2, 0.25) is 0 Å². The highest BCUT2D eigenvalue weighted by Gasteiger charge is 2.35. The number of anilines is 7. The van der Waals surface area contributed by atoms with E-state index < -0.39 is 91.6 Å². The number of aromatic nitrogens is 10.